The highest BCUT2D eigenvalue weighted by Crippen LogP contribution is 2.24. The Balaban J connectivity index is 2.16. The standard InChI is InChI=1S/C16H15BrN2/c1-11(2)12-6-7-16-15(8-12)18-10-19(16)14-5-3-4-13(17)9-14/h3-11H,1-2H3. The van der Waals surface area contributed by atoms with Gasteiger partial charge in [0.25, 0.3) is 0 Å². The highest BCUT2D eigenvalue weighted by Gasteiger charge is 2.07. The molecule has 0 bridgehead atoms. The van der Waals surface area contributed by atoms with Crippen molar-refractivity contribution in [1.82, 2.24) is 9.55 Å². The Kier molecular flexibility index (Phi) is 3.15. The van der Waals surface area contributed by atoms with Crippen LogP contribution in [0.15, 0.2) is 53.3 Å². The smallest absolute Gasteiger partial charge is 0.100 e. The Morgan fingerprint density at radius 2 is 1.95 bits per heavy atom. The van der Waals surface area contributed by atoms with Crippen LogP contribution < -0.4 is 0 Å². The second-order valence-corrected chi connectivity index (χ2v) is 5.91. The summed E-state index contributed by atoms with van der Waals surface area (Å²) in [7, 11) is 0. The molecule has 0 aliphatic heterocycles. The van der Waals surface area contributed by atoms with Crippen molar-refractivity contribution >= 4 is 27.0 Å². The summed E-state index contributed by atoms with van der Waals surface area (Å²) in [5, 5.41) is 0. The van der Waals surface area contributed by atoms with Gasteiger partial charge in [-0.1, -0.05) is 41.9 Å². The van der Waals surface area contributed by atoms with Crippen LogP contribution in [0.3, 0.4) is 0 Å². The molecule has 3 aromatic rings. The van der Waals surface area contributed by atoms with Gasteiger partial charge in [-0.3, -0.25) is 4.57 Å². The van der Waals surface area contributed by atoms with E-state index in [1.165, 1.54) is 5.56 Å². The first-order valence-electron chi connectivity index (χ1n) is 6.38. The van der Waals surface area contributed by atoms with Gasteiger partial charge in [-0.25, -0.2) is 4.98 Å². The van der Waals surface area contributed by atoms with Gasteiger partial charge in [0, 0.05) is 10.2 Å². The van der Waals surface area contributed by atoms with Gasteiger partial charge >= 0.3 is 0 Å². The molecule has 3 heteroatoms. The van der Waals surface area contributed by atoms with Crippen molar-refractivity contribution in [2.75, 3.05) is 0 Å². The summed E-state index contributed by atoms with van der Waals surface area (Å²) in [6.45, 7) is 4.40. The number of benzene rings is 2. The van der Waals surface area contributed by atoms with Crippen molar-refractivity contribution < 1.29 is 0 Å². The lowest BCUT2D eigenvalue weighted by molar-refractivity contribution is 0.868. The van der Waals surface area contributed by atoms with Crippen LogP contribution in [0.2, 0.25) is 0 Å². The zero-order valence-corrected chi connectivity index (χ0v) is 12.6. The van der Waals surface area contributed by atoms with Gasteiger partial charge < -0.3 is 0 Å². The molecule has 0 N–H and O–H groups in total. The fourth-order valence-electron chi connectivity index (χ4n) is 2.22. The van der Waals surface area contributed by atoms with Crippen molar-refractivity contribution in [3.05, 3.63) is 58.8 Å². The third kappa shape index (κ3) is 2.30. The topological polar surface area (TPSA) is 17.8 Å². The monoisotopic (exact) mass is 314 g/mol. The van der Waals surface area contributed by atoms with Crippen molar-refractivity contribution in [1.29, 1.82) is 0 Å². The summed E-state index contributed by atoms with van der Waals surface area (Å²) in [5.41, 5.74) is 4.63. The molecule has 1 aromatic heterocycles. The maximum atomic E-state index is 4.52. The summed E-state index contributed by atoms with van der Waals surface area (Å²) in [6.07, 6.45) is 1.89. The van der Waals surface area contributed by atoms with Crippen LogP contribution in [-0.4, -0.2) is 9.55 Å². The number of imidazole rings is 1. The average molecular weight is 315 g/mol. The highest BCUT2D eigenvalue weighted by molar-refractivity contribution is 9.10. The molecule has 0 aliphatic rings. The summed E-state index contributed by atoms with van der Waals surface area (Å²) >= 11 is 3.51. The molecular weight excluding hydrogens is 300 g/mol. The van der Waals surface area contributed by atoms with Crippen molar-refractivity contribution in [2.45, 2.75) is 19.8 Å². The molecule has 1 heterocycles. The average Bonchev–Trinajstić information content (AvgIpc) is 2.81. The Morgan fingerprint density at radius 1 is 1.11 bits per heavy atom. The predicted molar refractivity (Wildman–Crippen MR) is 82.9 cm³/mol. The lowest BCUT2D eigenvalue weighted by atomic mass is 10.0. The van der Waals surface area contributed by atoms with E-state index >= 15 is 0 Å². The fourth-order valence-corrected chi connectivity index (χ4v) is 2.61. The lowest BCUT2D eigenvalue weighted by Gasteiger charge is -2.07. The molecule has 0 spiro atoms. The molecular formula is C16H15BrN2. The van der Waals surface area contributed by atoms with E-state index < -0.39 is 0 Å². The third-order valence-electron chi connectivity index (χ3n) is 3.32. The number of fused-ring (bicyclic) bond motifs is 1. The molecule has 96 valence electrons. The minimum atomic E-state index is 0.528. The number of hydrogen-bond acceptors (Lipinski definition) is 1. The van der Waals surface area contributed by atoms with Gasteiger partial charge in [0.2, 0.25) is 0 Å². The van der Waals surface area contributed by atoms with E-state index in [1.54, 1.807) is 0 Å². The van der Waals surface area contributed by atoms with Gasteiger partial charge in [0.1, 0.15) is 6.33 Å². The Morgan fingerprint density at radius 3 is 2.68 bits per heavy atom. The zero-order valence-electron chi connectivity index (χ0n) is 11.0. The highest BCUT2D eigenvalue weighted by atomic mass is 79.9. The van der Waals surface area contributed by atoms with Crippen LogP contribution in [0.4, 0.5) is 0 Å². The molecule has 0 amide bonds. The van der Waals surface area contributed by atoms with Crippen LogP contribution in [0.25, 0.3) is 16.7 Å². The first-order chi connectivity index (χ1) is 9.15. The molecule has 0 aliphatic carbocycles. The van der Waals surface area contributed by atoms with E-state index in [1.807, 2.05) is 18.5 Å². The fraction of sp³-hybridized carbons (Fsp3) is 0.188. The lowest BCUT2D eigenvalue weighted by Crippen LogP contribution is -1.92. The van der Waals surface area contributed by atoms with Crippen molar-refractivity contribution in [3.63, 3.8) is 0 Å². The minimum Gasteiger partial charge on any atom is -0.299 e. The quantitative estimate of drug-likeness (QED) is 0.657. The van der Waals surface area contributed by atoms with E-state index in [0.717, 1.165) is 21.2 Å². The maximum absolute atomic E-state index is 4.52. The Hall–Kier alpha value is -1.61. The molecule has 3 rings (SSSR count). The first-order valence-corrected chi connectivity index (χ1v) is 7.17. The molecule has 2 aromatic carbocycles. The van der Waals surface area contributed by atoms with Crippen LogP contribution in [0.5, 0.6) is 0 Å². The van der Waals surface area contributed by atoms with Gasteiger partial charge in [-0.05, 0) is 41.8 Å². The third-order valence-corrected chi connectivity index (χ3v) is 3.82. The second-order valence-electron chi connectivity index (χ2n) is 5.00. The molecule has 0 radical (unpaired) electrons. The molecule has 0 saturated carbocycles. The normalized spacial score (nSPS) is 11.4. The van der Waals surface area contributed by atoms with Crippen LogP contribution in [-0.2, 0) is 0 Å². The summed E-state index contributed by atoms with van der Waals surface area (Å²) < 4.78 is 3.19. The molecule has 0 atom stereocenters. The van der Waals surface area contributed by atoms with Crippen LogP contribution in [0, 0.1) is 0 Å². The van der Waals surface area contributed by atoms with Crippen molar-refractivity contribution in [2.24, 2.45) is 0 Å². The molecule has 2 nitrogen and oxygen atoms in total. The van der Waals surface area contributed by atoms with E-state index in [4.69, 9.17) is 0 Å². The van der Waals surface area contributed by atoms with E-state index in [9.17, 15) is 0 Å². The van der Waals surface area contributed by atoms with E-state index in [0.29, 0.717) is 5.92 Å². The maximum Gasteiger partial charge on any atom is 0.100 e. The van der Waals surface area contributed by atoms with Gasteiger partial charge in [-0.2, -0.15) is 0 Å². The van der Waals surface area contributed by atoms with E-state index in [2.05, 4.69) is 69.7 Å². The predicted octanol–water partition coefficient (Wildman–Crippen LogP) is 4.91. The molecule has 19 heavy (non-hydrogen) atoms. The SMILES string of the molecule is CC(C)c1ccc2c(c1)ncn2-c1cccc(Br)c1. The number of halogens is 1. The summed E-state index contributed by atoms with van der Waals surface area (Å²) in [6, 6.07) is 14.8. The summed E-state index contributed by atoms with van der Waals surface area (Å²) in [4.78, 5) is 4.52. The zero-order chi connectivity index (χ0) is 13.4. The number of hydrogen-bond donors (Lipinski definition) is 0. The number of nitrogens with zero attached hydrogens (tertiary/aromatic N) is 2. The Bertz CT molecular complexity index is 728. The van der Waals surface area contributed by atoms with Crippen LogP contribution in [0.1, 0.15) is 25.3 Å². The second kappa shape index (κ2) is 4.82. The van der Waals surface area contributed by atoms with Gasteiger partial charge in [-0.15, -0.1) is 0 Å². The minimum absolute atomic E-state index is 0.528. The number of aromatic nitrogens is 2. The first kappa shape index (κ1) is 12.4. The molecule has 0 fully saturated rings. The Labute approximate surface area is 121 Å². The molecule has 0 saturated heterocycles. The van der Waals surface area contributed by atoms with Gasteiger partial charge in [0.15, 0.2) is 0 Å². The number of rotatable bonds is 2. The van der Waals surface area contributed by atoms with Crippen LogP contribution >= 0.6 is 15.9 Å². The molecule has 0 unspecified atom stereocenters. The largest absolute Gasteiger partial charge is 0.299 e. The summed E-state index contributed by atoms with van der Waals surface area (Å²) in [5.74, 6) is 0.528. The van der Waals surface area contributed by atoms with Crippen molar-refractivity contribution in [3.8, 4) is 5.69 Å². The van der Waals surface area contributed by atoms with Gasteiger partial charge in [0.05, 0.1) is 11.0 Å². The van der Waals surface area contributed by atoms with E-state index in [-0.39, 0.29) is 0 Å².